The summed E-state index contributed by atoms with van der Waals surface area (Å²) in [5.74, 6) is 0. The molecule has 22 heavy (non-hydrogen) atoms. The Hall–Kier alpha value is -3.53. The number of nitro groups is 2. The van der Waals surface area contributed by atoms with E-state index in [0.29, 0.717) is 5.56 Å². The van der Waals surface area contributed by atoms with Crippen LogP contribution in [0.4, 0.5) is 11.4 Å². The number of rotatable bonds is 4. The van der Waals surface area contributed by atoms with Gasteiger partial charge in [-0.05, 0) is 17.7 Å². The highest BCUT2D eigenvalue weighted by atomic mass is 16.6. The number of allylic oxidation sites excluding steroid dienone is 1. The zero-order chi connectivity index (χ0) is 16.1. The second-order valence-corrected chi connectivity index (χ2v) is 4.29. The fourth-order valence-corrected chi connectivity index (χ4v) is 1.90. The van der Waals surface area contributed by atoms with E-state index in [9.17, 15) is 25.5 Å². The van der Waals surface area contributed by atoms with Crippen molar-refractivity contribution in [2.75, 3.05) is 0 Å². The molecular weight excluding hydrogens is 286 g/mol. The molecule has 0 saturated heterocycles. The third-order valence-electron chi connectivity index (χ3n) is 2.92. The summed E-state index contributed by atoms with van der Waals surface area (Å²) in [5, 5.41) is 31.0. The molecule has 7 heteroatoms. The van der Waals surface area contributed by atoms with Crippen LogP contribution in [-0.4, -0.2) is 9.85 Å². The van der Waals surface area contributed by atoms with Crippen molar-refractivity contribution in [1.82, 2.24) is 0 Å². The molecule has 0 radical (unpaired) electrons. The minimum absolute atomic E-state index is 0.109. The van der Waals surface area contributed by atoms with E-state index in [1.54, 1.807) is 6.07 Å². The number of nitrogens with zero attached hydrogens (tertiary/aromatic N) is 3. The predicted octanol–water partition coefficient (Wildman–Crippen LogP) is 3.57. The fourth-order valence-electron chi connectivity index (χ4n) is 1.90. The topological polar surface area (TPSA) is 110 Å². The van der Waals surface area contributed by atoms with E-state index < -0.39 is 9.85 Å². The van der Waals surface area contributed by atoms with Crippen LogP contribution in [0.2, 0.25) is 0 Å². The van der Waals surface area contributed by atoms with Gasteiger partial charge in [0.25, 0.3) is 11.4 Å². The second kappa shape index (κ2) is 6.28. The molecule has 0 aliphatic rings. The van der Waals surface area contributed by atoms with Crippen molar-refractivity contribution in [2.45, 2.75) is 0 Å². The lowest BCUT2D eigenvalue weighted by atomic mass is 10.0. The molecular formula is C15H9N3O4. The van der Waals surface area contributed by atoms with Crippen LogP contribution in [-0.2, 0) is 0 Å². The van der Waals surface area contributed by atoms with E-state index in [1.165, 1.54) is 48.5 Å². The highest BCUT2D eigenvalue weighted by Crippen LogP contribution is 2.26. The zero-order valence-corrected chi connectivity index (χ0v) is 11.2. The molecule has 0 fully saturated rings. The van der Waals surface area contributed by atoms with Gasteiger partial charge in [-0.1, -0.05) is 24.3 Å². The Morgan fingerprint density at radius 2 is 1.77 bits per heavy atom. The van der Waals surface area contributed by atoms with Gasteiger partial charge in [-0.3, -0.25) is 20.2 Å². The van der Waals surface area contributed by atoms with E-state index in [1.807, 2.05) is 6.07 Å². The number of nitriles is 1. The molecule has 2 aromatic carbocycles. The molecule has 0 aliphatic carbocycles. The van der Waals surface area contributed by atoms with E-state index >= 15 is 0 Å². The summed E-state index contributed by atoms with van der Waals surface area (Å²) in [6.45, 7) is 0. The Balaban J connectivity index is 2.54. The third kappa shape index (κ3) is 3.13. The van der Waals surface area contributed by atoms with Crippen LogP contribution in [0.1, 0.15) is 11.1 Å². The number of nitro benzene ring substituents is 2. The van der Waals surface area contributed by atoms with Crippen molar-refractivity contribution in [3.63, 3.8) is 0 Å². The average molecular weight is 295 g/mol. The van der Waals surface area contributed by atoms with Crippen LogP contribution in [0.3, 0.4) is 0 Å². The van der Waals surface area contributed by atoms with Crippen molar-refractivity contribution < 1.29 is 9.85 Å². The van der Waals surface area contributed by atoms with E-state index in [-0.39, 0.29) is 22.5 Å². The minimum Gasteiger partial charge on any atom is -0.258 e. The zero-order valence-electron chi connectivity index (χ0n) is 11.2. The molecule has 2 aromatic rings. The Morgan fingerprint density at radius 1 is 1.05 bits per heavy atom. The van der Waals surface area contributed by atoms with Crippen LogP contribution >= 0.6 is 0 Å². The van der Waals surface area contributed by atoms with Gasteiger partial charge in [-0.25, -0.2) is 0 Å². The molecule has 0 aromatic heterocycles. The first-order valence-electron chi connectivity index (χ1n) is 6.13. The van der Waals surface area contributed by atoms with Crippen LogP contribution in [0.15, 0.2) is 48.5 Å². The van der Waals surface area contributed by atoms with Crippen molar-refractivity contribution in [1.29, 1.82) is 5.26 Å². The van der Waals surface area contributed by atoms with Gasteiger partial charge < -0.3 is 0 Å². The van der Waals surface area contributed by atoms with Crippen molar-refractivity contribution >= 4 is 23.0 Å². The number of non-ortho nitro benzene ring substituents is 1. The van der Waals surface area contributed by atoms with Crippen LogP contribution in [0, 0.1) is 31.6 Å². The quantitative estimate of drug-likeness (QED) is 0.370. The van der Waals surface area contributed by atoms with E-state index in [4.69, 9.17) is 0 Å². The lowest BCUT2D eigenvalue weighted by Gasteiger charge is -2.01. The summed E-state index contributed by atoms with van der Waals surface area (Å²) in [4.78, 5) is 20.6. The molecule has 0 aliphatic heterocycles. The highest BCUT2D eigenvalue weighted by molar-refractivity contribution is 5.91. The molecule has 0 bridgehead atoms. The lowest BCUT2D eigenvalue weighted by molar-refractivity contribution is -0.385. The van der Waals surface area contributed by atoms with Crippen LogP contribution in [0.25, 0.3) is 11.6 Å². The summed E-state index contributed by atoms with van der Waals surface area (Å²) >= 11 is 0. The summed E-state index contributed by atoms with van der Waals surface area (Å²) in [5.41, 5.74) is 0.408. The molecule has 7 nitrogen and oxygen atoms in total. The molecule has 0 atom stereocenters. The molecule has 0 amide bonds. The normalized spacial score (nSPS) is 10.8. The van der Waals surface area contributed by atoms with E-state index in [2.05, 4.69) is 0 Å². The predicted molar refractivity (Wildman–Crippen MR) is 79.7 cm³/mol. The van der Waals surface area contributed by atoms with Gasteiger partial charge in [0.15, 0.2) is 0 Å². The first-order valence-corrected chi connectivity index (χ1v) is 6.13. The number of hydrogen-bond donors (Lipinski definition) is 0. The maximum absolute atomic E-state index is 11.0. The Bertz CT molecular complexity index is 822. The van der Waals surface area contributed by atoms with Gasteiger partial charge in [0.1, 0.15) is 0 Å². The Kier molecular flexibility index (Phi) is 4.24. The maximum Gasteiger partial charge on any atom is 0.276 e. The molecule has 0 heterocycles. The van der Waals surface area contributed by atoms with Crippen molar-refractivity contribution in [2.24, 2.45) is 0 Å². The van der Waals surface area contributed by atoms with Gasteiger partial charge in [0.05, 0.1) is 27.1 Å². The largest absolute Gasteiger partial charge is 0.276 e. The van der Waals surface area contributed by atoms with Crippen LogP contribution in [0.5, 0.6) is 0 Å². The number of benzene rings is 2. The maximum atomic E-state index is 11.0. The van der Waals surface area contributed by atoms with E-state index in [0.717, 1.165) is 0 Å². The second-order valence-electron chi connectivity index (χ2n) is 4.29. The highest BCUT2D eigenvalue weighted by Gasteiger charge is 2.13. The molecule has 108 valence electrons. The van der Waals surface area contributed by atoms with Crippen molar-refractivity contribution in [3.8, 4) is 6.07 Å². The van der Waals surface area contributed by atoms with Gasteiger partial charge in [-0.2, -0.15) is 5.26 Å². The lowest BCUT2D eigenvalue weighted by Crippen LogP contribution is -1.92. The summed E-state index contributed by atoms with van der Waals surface area (Å²) in [7, 11) is 0. The first-order chi connectivity index (χ1) is 10.5. The van der Waals surface area contributed by atoms with Gasteiger partial charge in [0, 0.05) is 18.2 Å². The van der Waals surface area contributed by atoms with Crippen molar-refractivity contribution in [3.05, 3.63) is 79.9 Å². The summed E-state index contributed by atoms with van der Waals surface area (Å²) < 4.78 is 0. The third-order valence-corrected chi connectivity index (χ3v) is 2.92. The van der Waals surface area contributed by atoms with Gasteiger partial charge >= 0.3 is 0 Å². The molecule has 0 saturated carbocycles. The van der Waals surface area contributed by atoms with Gasteiger partial charge in [-0.15, -0.1) is 0 Å². The fraction of sp³-hybridized carbons (Fsp3) is 0. The summed E-state index contributed by atoms with van der Waals surface area (Å²) in [6.07, 6.45) is 1.34. The average Bonchev–Trinajstić information content (AvgIpc) is 2.52. The molecule has 2 rings (SSSR count). The summed E-state index contributed by atoms with van der Waals surface area (Å²) in [6, 6.07) is 13.4. The molecule has 0 N–H and O–H groups in total. The van der Waals surface area contributed by atoms with Gasteiger partial charge in [0.2, 0.25) is 0 Å². The Labute approximate surface area is 125 Å². The minimum atomic E-state index is -0.566. The first kappa shape index (κ1) is 14.9. The number of para-hydroxylation sites is 1. The molecule has 0 spiro atoms. The molecule has 0 unspecified atom stereocenters. The number of hydrogen-bond acceptors (Lipinski definition) is 5. The SMILES string of the molecule is N#CC(=Cc1ccccc1[N+](=O)[O-])c1cccc([N+](=O)[O-])c1. The standard InChI is InChI=1S/C15H9N3O4/c16-10-13(11-5-3-6-14(9-11)17(19)20)8-12-4-1-2-7-15(12)18(21)22/h1-9H. The smallest absolute Gasteiger partial charge is 0.258 e. The monoisotopic (exact) mass is 295 g/mol. The van der Waals surface area contributed by atoms with Crippen LogP contribution < -0.4 is 0 Å². The Morgan fingerprint density at radius 3 is 2.41 bits per heavy atom.